The van der Waals surface area contributed by atoms with Crippen molar-refractivity contribution in [2.45, 2.75) is 6.61 Å². The molecule has 0 bridgehead atoms. The third-order valence-electron chi connectivity index (χ3n) is 5.96. The van der Waals surface area contributed by atoms with Crippen LogP contribution in [0.3, 0.4) is 0 Å². The summed E-state index contributed by atoms with van der Waals surface area (Å²) in [4.78, 5) is 10.6. The standard InChI is InChI=1S/C29H27NO11S2/c1-37-26-17-23(20-10-13-22(14-11-20)30(31)32)28(38-2)29(41-43(4,35)36)27(26)21-12-15-24(25(16-21)40-42(3,33)34)39-18-19-8-6-5-7-9-19/h5-17H,18H2,1-4H3. The summed E-state index contributed by atoms with van der Waals surface area (Å²) in [5.74, 6) is -0.221. The molecule has 0 unspecified atom stereocenters. The summed E-state index contributed by atoms with van der Waals surface area (Å²) in [5.41, 5.74) is 1.78. The maximum Gasteiger partial charge on any atom is 0.306 e. The van der Waals surface area contributed by atoms with E-state index >= 15 is 0 Å². The van der Waals surface area contributed by atoms with Crippen LogP contribution in [0.1, 0.15) is 5.56 Å². The number of non-ortho nitro benzene ring substituents is 1. The predicted molar refractivity (Wildman–Crippen MR) is 159 cm³/mol. The Morgan fingerprint density at radius 2 is 1.33 bits per heavy atom. The van der Waals surface area contributed by atoms with Crippen molar-refractivity contribution in [3.8, 4) is 51.0 Å². The second kappa shape index (κ2) is 12.6. The quantitative estimate of drug-likeness (QED) is 0.115. The van der Waals surface area contributed by atoms with E-state index in [9.17, 15) is 26.9 Å². The van der Waals surface area contributed by atoms with Crippen LogP contribution in [-0.2, 0) is 26.8 Å². The first-order chi connectivity index (χ1) is 20.3. The molecule has 0 N–H and O–H groups in total. The highest BCUT2D eigenvalue weighted by molar-refractivity contribution is 7.86. The molecule has 0 radical (unpaired) electrons. The van der Waals surface area contributed by atoms with Gasteiger partial charge < -0.3 is 22.6 Å². The number of rotatable bonds is 12. The number of nitrogens with zero attached hydrogens (tertiary/aromatic N) is 1. The number of nitro groups is 1. The molecule has 0 heterocycles. The summed E-state index contributed by atoms with van der Waals surface area (Å²) in [6.07, 6.45) is 1.72. The summed E-state index contributed by atoms with van der Waals surface area (Å²) in [5, 5.41) is 11.2. The highest BCUT2D eigenvalue weighted by atomic mass is 32.2. The zero-order chi connectivity index (χ0) is 31.4. The maximum atomic E-state index is 12.4. The second-order valence-corrected chi connectivity index (χ2v) is 12.3. The fraction of sp³-hybridized carbons (Fsp3) is 0.172. The molecule has 0 atom stereocenters. The molecule has 14 heteroatoms. The highest BCUT2D eigenvalue weighted by Gasteiger charge is 2.27. The van der Waals surface area contributed by atoms with Gasteiger partial charge in [-0.05, 0) is 47.0 Å². The number of hydrogen-bond acceptors (Lipinski definition) is 11. The van der Waals surface area contributed by atoms with Gasteiger partial charge >= 0.3 is 20.2 Å². The molecule has 0 amide bonds. The maximum absolute atomic E-state index is 12.4. The van der Waals surface area contributed by atoms with Gasteiger partial charge in [0.2, 0.25) is 0 Å². The van der Waals surface area contributed by atoms with Crippen molar-refractivity contribution in [2.24, 2.45) is 0 Å². The third kappa shape index (κ3) is 7.72. The number of ether oxygens (including phenoxy) is 3. The van der Waals surface area contributed by atoms with Gasteiger partial charge in [-0.15, -0.1) is 0 Å². The van der Waals surface area contributed by atoms with Gasteiger partial charge in [-0.2, -0.15) is 16.8 Å². The van der Waals surface area contributed by atoms with Gasteiger partial charge in [-0.3, -0.25) is 10.1 Å². The topological polar surface area (TPSA) is 158 Å². The molecule has 0 spiro atoms. The lowest BCUT2D eigenvalue weighted by Gasteiger charge is -2.21. The lowest BCUT2D eigenvalue weighted by molar-refractivity contribution is -0.384. The average molecular weight is 630 g/mol. The van der Waals surface area contributed by atoms with Crippen LogP contribution in [0.4, 0.5) is 5.69 Å². The van der Waals surface area contributed by atoms with Crippen LogP contribution in [0.2, 0.25) is 0 Å². The molecular formula is C29H27NO11S2. The van der Waals surface area contributed by atoms with Crippen LogP contribution in [-0.4, -0.2) is 48.5 Å². The first-order valence-electron chi connectivity index (χ1n) is 12.4. The van der Waals surface area contributed by atoms with Crippen molar-refractivity contribution in [2.75, 3.05) is 26.7 Å². The van der Waals surface area contributed by atoms with E-state index in [1.165, 1.54) is 50.6 Å². The van der Waals surface area contributed by atoms with Gasteiger partial charge in [0.05, 0.1) is 37.2 Å². The van der Waals surface area contributed by atoms with Gasteiger partial charge in [0.1, 0.15) is 12.4 Å². The molecule has 0 aliphatic heterocycles. The summed E-state index contributed by atoms with van der Waals surface area (Å²) >= 11 is 0. The van der Waals surface area contributed by atoms with E-state index in [4.69, 9.17) is 22.6 Å². The summed E-state index contributed by atoms with van der Waals surface area (Å²) in [6.45, 7) is 0.115. The van der Waals surface area contributed by atoms with E-state index in [-0.39, 0.29) is 52.2 Å². The van der Waals surface area contributed by atoms with Gasteiger partial charge in [0, 0.05) is 17.7 Å². The van der Waals surface area contributed by atoms with Crippen LogP contribution >= 0.6 is 0 Å². The van der Waals surface area contributed by atoms with Gasteiger partial charge in [-0.1, -0.05) is 36.4 Å². The lowest BCUT2D eigenvalue weighted by atomic mass is 9.96. The molecule has 4 aromatic carbocycles. The summed E-state index contributed by atoms with van der Waals surface area (Å²) in [7, 11) is -5.51. The Bertz CT molecular complexity index is 1860. The molecule has 0 fully saturated rings. The molecule has 226 valence electrons. The summed E-state index contributed by atoms with van der Waals surface area (Å²) < 4.78 is 76.9. The molecule has 0 aromatic heterocycles. The first-order valence-corrected chi connectivity index (χ1v) is 16.1. The van der Waals surface area contributed by atoms with Crippen LogP contribution < -0.4 is 22.6 Å². The lowest BCUT2D eigenvalue weighted by Crippen LogP contribution is -2.10. The zero-order valence-electron chi connectivity index (χ0n) is 23.5. The molecule has 12 nitrogen and oxygen atoms in total. The Morgan fingerprint density at radius 3 is 1.88 bits per heavy atom. The van der Waals surface area contributed by atoms with Gasteiger partial charge in [0.15, 0.2) is 23.0 Å². The molecule has 43 heavy (non-hydrogen) atoms. The fourth-order valence-electron chi connectivity index (χ4n) is 4.21. The number of nitro benzene ring substituents is 1. The largest absolute Gasteiger partial charge is 0.496 e. The van der Waals surface area contributed by atoms with Gasteiger partial charge in [0.25, 0.3) is 5.69 Å². The molecule has 4 rings (SSSR count). The minimum atomic E-state index is -4.15. The Hall–Kier alpha value is -4.82. The normalized spacial score (nSPS) is 11.4. The molecular weight excluding hydrogens is 602 g/mol. The van der Waals surface area contributed by atoms with Gasteiger partial charge in [-0.25, -0.2) is 0 Å². The molecule has 0 aliphatic rings. The fourth-order valence-corrected chi connectivity index (χ4v) is 5.13. The van der Waals surface area contributed by atoms with Crippen molar-refractivity contribution in [1.29, 1.82) is 0 Å². The van der Waals surface area contributed by atoms with E-state index < -0.39 is 25.2 Å². The molecule has 0 aliphatic carbocycles. The van der Waals surface area contributed by atoms with Crippen LogP contribution in [0.25, 0.3) is 22.3 Å². The molecule has 0 saturated heterocycles. The van der Waals surface area contributed by atoms with Crippen molar-refractivity contribution in [3.05, 3.63) is 94.5 Å². The Balaban J connectivity index is 1.93. The van der Waals surface area contributed by atoms with Crippen LogP contribution in [0.5, 0.6) is 28.7 Å². The minimum absolute atomic E-state index is 0.0231. The van der Waals surface area contributed by atoms with E-state index in [2.05, 4.69) is 0 Å². The zero-order valence-corrected chi connectivity index (χ0v) is 25.1. The Labute approximate surface area is 248 Å². The van der Waals surface area contributed by atoms with E-state index in [1.54, 1.807) is 12.1 Å². The van der Waals surface area contributed by atoms with Crippen molar-refractivity contribution >= 4 is 25.9 Å². The smallest absolute Gasteiger partial charge is 0.306 e. The Morgan fingerprint density at radius 1 is 0.698 bits per heavy atom. The average Bonchev–Trinajstić information content (AvgIpc) is 2.95. The number of hydrogen-bond donors (Lipinski definition) is 0. The summed E-state index contributed by atoms with van der Waals surface area (Å²) in [6, 6.07) is 20.6. The Kier molecular flexibility index (Phi) is 9.11. The molecule has 4 aromatic rings. The second-order valence-electron chi connectivity index (χ2n) is 9.18. The van der Waals surface area contributed by atoms with E-state index in [0.717, 1.165) is 18.1 Å². The first kappa shape index (κ1) is 31.1. The highest BCUT2D eigenvalue weighted by Crippen LogP contribution is 2.51. The van der Waals surface area contributed by atoms with E-state index in [0.29, 0.717) is 11.1 Å². The third-order valence-corrected chi connectivity index (χ3v) is 6.91. The predicted octanol–water partition coefficient (Wildman–Crippen LogP) is 5.20. The SMILES string of the molecule is COc1cc(-c2ccc([N+](=O)[O-])cc2)c(OC)c(OS(C)(=O)=O)c1-c1ccc(OCc2ccccc2)c(OS(C)(=O)=O)c1. The molecule has 0 saturated carbocycles. The van der Waals surface area contributed by atoms with Crippen molar-refractivity contribution < 1.29 is 44.3 Å². The minimum Gasteiger partial charge on any atom is -0.496 e. The van der Waals surface area contributed by atoms with Crippen LogP contribution in [0.15, 0.2) is 78.9 Å². The number of benzene rings is 4. The monoisotopic (exact) mass is 629 g/mol. The van der Waals surface area contributed by atoms with Crippen LogP contribution in [0, 0.1) is 10.1 Å². The van der Waals surface area contributed by atoms with Crippen molar-refractivity contribution in [1.82, 2.24) is 0 Å². The number of methoxy groups -OCH3 is 2. The van der Waals surface area contributed by atoms with E-state index in [1.807, 2.05) is 30.3 Å². The van der Waals surface area contributed by atoms with Crippen molar-refractivity contribution in [3.63, 3.8) is 0 Å².